The van der Waals surface area contributed by atoms with Crippen LogP contribution in [0.25, 0.3) is 0 Å². The van der Waals surface area contributed by atoms with Crippen molar-refractivity contribution in [2.75, 3.05) is 5.32 Å². The van der Waals surface area contributed by atoms with Crippen molar-refractivity contribution in [2.45, 2.75) is 20.3 Å². The zero-order chi connectivity index (χ0) is 12.7. The number of allylic oxidation sites excluding steroid dienone is 1. The molecule has 0 radical (unpaired) electrons. The molecule has 0 spiro atoms. The summed E-state index contributed by atoms with van der Waals surface area (Å²) in [6.45, 7) is 4.31. The fourth-order valence-electron chi connectivity index (χ4n) is 1.52. The summed E-state index contributed by atoms with van der Waals surface area (Å²) in [5, 5.41) is 20.3. The van der Waals surface area contributed by atoms with E-state index in [1.807, 2.05) is 30.3 Å². The molecule has 0 saturated heterocycles. The van der Waals surface area contributed by atoms with E-state index in [1.54, 1.807) is 0 Å². The number of anilines is 1. The van der Waals surface area contributed by atoms with E-state index in [2.05, 4.69) is 25.2 Å². The fourth-order valence-corrected chi connectivity index (χ4v) is 1.52. The molecular weight excluding hydrogens is 210 g/mol. The van der Waals surface area contributed by atoms with E-state index in [-0.39, 0.29) is 5.57 Å². The Labute approximate surface area is 102 Å². The Bertz CT molecular complexity index is 471. The second-order valence-electron chi connectivity index (χ2n) is 4.18. The van der Waals surface area contributed by atoms with Gasteiger partial charge < -0.3 is 5.32 Å². The van der Waals surface area contributed by atoms with Crippen LogP contribution in [-0.4, -0.2) is 0 Å². The molecule has 0 amide bonds. The monoisotopic (exact) mass is 225 g/mol. The quantitative estimate of drug-likeness (QED) is 0.800. The molecule has 0 fully saturated rings. The molecule has 0 aliphatic carbocycles. The molecule has 0 unspecified atom stereocenters. The summed E-state index contributed by atoms with van der Waals surface area (Å²) in [5.41, 5.74) is 2.21. The zero-order valence-corrected chi connectivity index (χ0v) is 10.1. The molecule has 3 nitrogen and oxygen atoms in total. The second-order valence-corrected chi connectivity index (χ2v) is 4.18. The van der Waals surface area contributed by atoms with Gasteiger partial charge in [0.15, 0.2) is 0 Å². The lowest BCUT2D eigenvalue weighted by Gasteiger charge is -2.10. The highest BCUT2D eigenvalue weighted by atomic mass is 14.8. The summed E-state index contributed by atoms with van der Waals surface area (Å²) < 4.78 is 0. The van der Waals surface area contributed by atoms with Crippen LogP contribution in [0.5, 0.6) is 0 Å². The highest BCUT2D eigenvalue weighted by Gasteiger charge is 2.03. The van der Waals surface area contributed by atoms with Crippen LogP contribution >= 0.6 is 0 Å². The van der Waals surface area contributed by atoms with E-state index in [0.717, 1.165) is 12.1 Å². The maximum absolute atomic E-state index is 8.64. The standard InChI is InChI=1S/C14H15N3/c1-11(2)7-13-5-3-4-6-14(13)17-10-12(8-15)9-16/h3-6,10-11,17H,7H2,1-2H3. The average molecular weight is 225 g/mol. The van der Waals surface area contributed by atoms with E-state index < -0.39 is 0 Å². The van der Waals surface area contributed by atoms with Crippen molar-refractivity contribution < 1.29 is 0 Å². The molecule has 1 aromatic carbocycles. The highest BCUT2D eigenvalue weighted by Crippen LogP contribution is 2.18. The van der Waals surface area contributed by atoms with Gasteiger partial charge in [0.25, 0.3) is 0 Å². The highest BCUT2D eigenvalue weighted by molar-refractivity contribution is 5.55. The fraction of sp³-hybridized carbons (Fsp3) is 0.286. The SMILES string of the molecule is CC(C)Cc1ccccc1NC=C(C#N)C#N. The molecule has 0 aliphatic heterocycles. The summed E-state index contributed by atoms with van der Waals surface area (Å²) in [6, 6.07) is 11.6. The molecule has 0 saturated carbocycles. The Balaban J connectivity index is 2.89. The predicted molar refractivity (Wildman–Crippen MR) is 67.9 cm³/mol. The molecule has 1 N–H and O–H groups in total. The van der Waals surface area contributed by atoms with Crippen molar-refractivity contribution in [2.24, 2.45) is 5.92 Å². The number of benzene rings is 1. The van der Waals surface area contributed by atoms with E-state index in [4.69, 9.17) is 10.5 Å². The van der Waals surface area contributed by atoms with Crippen LogP contribution in [0.2, 0.25) is 0 Å². The Kier molecular flexibility index (Phi) is 4.78. The first-order valence-corrected chi connectivity index (χ1v) is 5.52. The molecule has 0 heterocycles. The lowest BCUT2D eigenvalue weighted by atomic mass is 10.0. The van der Waals surface area contributed by atoms with Crippen molar-refractivity contribution in [1.82, 2.24) is 0 Å². The van der Waals surface area contributed by atoms with Crippen LogP contribution in [0.1, 0.15) is 19.4 Å². The largest absolute Gasteiger partial charge is 0.360 e. The molecule has 3 heteroatoms. The summed E-state index contributed by atoms with van der Waals surface area (Å²) in [4.78, 5) is 0. The van der Waals surface area contributed by atoms with E-state index >= 15 is 0 Å². The minimum Gasteiger partial charge on any atom is -0.360 e. The molecule has 1 aromatic rings. The van der Waals surface area contributed by atoms with Gasteiger partial charge in [-0.1, -0.05) is 32.0 Å². The second kappa shape index (κ2) is 6.35. The number of para-hydroxylation sites is 1. The molecule has 0 bridgehead atoms. The van der Waals surface area contributed by atoms with E-state index in [1.165, 1.54) is 11.8 Å². The topological polar surface area (TPSA) is 59.6 Å². The van der Waals surface area contributed by atoms with Crippen LogP contribution in [-0.2, 0) is 6.42 Å². The smallest absolute Gasteiger partial charge is 0.145 e. The summed E-state index contributed by atoms with van der Waals surface area (Å²) >= 11 is 0. The summed E-state index contributed by atoms with van der Waals surface area (Å²) in [7, 11) is 0. The third-order valence-electron chi connectivity index (χ3n) is 2.26. The van der Waals surface area contributed by atoms with Gasteiger partial charge in [-0.05, 0) is 24.0 Å². The van der Waals surface area contributed by atoms with E-state index in [0.29, 0.717) is 5.92 Å². The van der Waals surface area contributed by atoms with Gasteiger partial charge in [0.2, 0.25) is 0 Å². The Morgan fingerprint density at radius 2 is 1.94 bits per heavy atom. The molecule has 17 heavy (non-hydrogen) atoms. The van der Waals surface area contributed by atoms with Crippen molar-refractivity contribution in [1.29, 1.82) is 10.5 Å². The first-order chi connectivity index (χ1) is 8.17. The minimum absolute atomic E-state index is 0.0735. The van der Waals surface area contributed by atoms with Crippen molar-refractivity contribution in [3.8, 4) is 12.1 Å². The predicted octanol–water partition coefficient (Wildman–Crippen LogP) is 3.23. The van der Waals surface area contributed by atoms with Gasteiger partial charge in [-0.2, -0.15) is 10.5 Å². The van der Waals surface area contributed by atoms with Crippen LogP contribution in [0.4, 0.5) is 5.69 Å². The number of rotatable bonds is 4. The van der Waals surface area contributed by atoms with Gasteiger partial charge in [0, 0.05) is 11.9 Å². The number of nitriles is 2. The Morgan fingerprint density at radius 1 is 1.29 bits per heavy atom. The Morgan fingerprint density at radius 3 is 2.53 bits per heavy atom. The minimum atomic E-state index is 0.0735. The zero-order valence-electron chi connectivity index (χ0n) is 10.1. The molecule has 0 atom stereocenters. The van der Waals surface area contributed by atoms with Crippen LogP contribution in [0, 0.1) is 28.6 Å². The third kappa shape index (κ3) is 4.01. The van der Waals surface area contributed by atoms with Crippen LogP contribution in [0.3, 0.4) is 0 Å². The number of hydrogen-bond donors (Lipinski definition) is 1. The van der Waals surface area contributed by atoms with Crippen molar-refractivity contribution >= 4 is 5.69 Å². The normalized spacial score (nSPS) is 9.24. The lowest BCUT2D eigenvalue weighted by molar-refractivity contribution is 0.648. The summed E-state index contributed by atoms with van der Waals surface area (Å²) in [5.74, 6) is 0.563. The number of nitrogens with zero attached hydrogens (tertiary/aromatic N) is 2. The van der Waals surface area contributed by atoms with Crippen LogP contribution in [0.15, 0.2) is 36.0 Å². The van der Waals surface area contributed by atoms with Gasteiger partial charge in [-0.3, -0.25) is 0 Å². The summed E-state index contributed by atoms with van der Waals surface area (Å²) in [6.07, 6.45) is 2.41. The van der Waals surface area contributed by atoms with Crippen LogP contribution < -0.4 is 5.32 Å². The maximum Gasteiger partial charge on any atom is 0.145 e. The number of hydrogen-bond acceptors (Lipinski definition) is 3. The van der Waals surface area contributed by atoms with E-state index in [9.17, 15) is 0 Å². The lowest BCUT2D eigenvalue weighted by Crippen LogP contribution is -1.99. The van der Waals surface area contributed by atoms with Gasteiger partial charge in [0.1, 0.15) is 17.7 Å². The van der Waals surface area contributed by atoms with Gasteiger partial charge >= 0.3 is 0 Å². The van der Waals surface area contributed by atoms with Gasteiger partial charge in [0.05, 0.1) is 0 Å². The molecular formula is C14H15N3. The van der Waals surface area contributed by atoms with Gasteiger partial charge in [-0.15, -0.1) is 0 Å². The number of nitrogens with one attached hydrogen (secondary N) is 1. The van der Waals surface area contributed by atoms with Crippen molar-refractivity contribution in [3.63, 3.8) is 0 Å². The third-order valence-corrected chi connectivity index (χ3v) is 2.26. The average Bonchev–Trinajstić information content (AvgIpc) is 2.31. The molecule has 1 rings (SSSR count). The maximum atomic E-state index is 8.64. The molecule has 86 valence electrons. The van der Waals surface area contributed by atoms with Crippen molar-refractivity contribution in [3.05, 3.63) is 41.6 Å². The first-order valence-electron chi connectivity index (χ1n) is 5.52. The first kappa shape index (κ1) is 12.8. The van der Waals surface area contributed by atoms with Gasteiger partial charge in [-0.25, -0.2) is 0 Å². The molecule has 0 aliphatic rings. The molecule has 0 aromatic heterocycles. The Hall–Kier alpha value is -2.26.